The first-order valence-corrected chi connectivity index (χ1v) is 8.51. The third-order valence-corrected chi connectivity index (χ3v) is 4.70. The Morgan fingerprint density at radius 2 is 1.68 bits per heavy atom. The molecule has 126 valence electrons. The van der Waals surface area contributed by atoms with E-state index in [4.69, 9.17) is 23.2 Å². The second-order valence-corrected chi connectivity index (χ2v) is 6.43. The summed E-state index contributed by atoms with van der Waals surface area (Å²) in [6.45, 7) is 0. The van der Waals surface area contributed by atoms with Crippen molar-refractivity contribution < 1.29 is 4.79 Å². The number of pyridine rings is 1. The third-order valence-electron chi connectivity index (χ3n) is 3.96. The number of rotatable bonds is 4. The lowest BCUT2D eigenvalue weighted by molar-refractivity contribution is 0.0752. The number of carbonyl (C=O) groups excluding carboxylic acids is 1. The van der Waals surface area contributed by atoms with Crippen LogP contribution in [0, 0.1) is 0 Å². The van der Waals surface area contributed by atoms with Crippen molar-refractivity contribution in [2.24, 2.45) is 0 Å². The summed E-state index contributed by atoms with van der Waals surface area (Å²) in [6, 6.07) is 20.1. The van der Waals surface area contributed by atoms with E-state index in [9.17, 15) is 4.79 Å². The van der Waals surface area contributed by atoms with E-state index in [1.807, 2.05) is 48.5 Å². The van der Waals surface area contributed by atoms with Gasteiger partial charge in [0.25, 0.3) is 5.91 Å². The van der Waals surface area contributed by atoms with Crippen molar-refractivity contribution in [3.63, 3.8) is 0 Å². The molecule has 0 aliphatic carbocycles. The Morgan fingerprint density at radius 1 is 0.960 bits per heavy atom. The Hall–Kier alpha value is -2.36. The minimum absolute atomic E-state index is 0.155. The smallest absolute Gasteiger partial charge is 0.254 e. The van der Waals surface area contributed by atoms with Gasteiger partial charge < -0.3 is 4.90 Å². The van der Waals surface area contributed by atoms with E-state index in [0.29, 0.717) is 15.6 Å². The number of hydrogen-bond donors (Lipinski definition) is 0. The summed E-state index contributed by atoms with van der Waals surface area (Å²) in [6.07, 6.45) is 1.72. The van der Waals surface area contributed by atoms with Gasteiger partial charge in [0.15, 0.2) is 0 Å². The zero-order valence-corrected chi connectivity index (χ0v) is 15.1. The van der Waals surface area contributed by atoms with Crippen molar-refractivity contribution in [1.29, 1.82) is 0 Å². The Balaban J connectivity index is 2.00. The molecule has 3 nitrogen and oxygen atoms in total. The highest BCUT2D eigenvalue weighted by Crippen LogP contribution is 2.29. The lowest BCUT2D eigenvalue weighted by Gasteiger charge is -2.28. The van der Waals surface area contributed by atoms with Gasteiger partial charge in [-0.2, -0.15) is 0 Å². The van der Waals surface area contributed by atoms with Gasteiger partial charge >= 0.3 is 0 Å². The average Bonchev–Trinajstić information content (AvgIpc) is 2.65. The van der Waals surface area contributed by atoms with Crippen LogP contribution < -0.4 is 0 Å². The molecule has 3 rings (SSSR count). The maximum Gasteiger partial charge on any atom is 0.254 e. The lowest BCUT2D eigenvalue weighted by Crippen LogP contribution is -2.32. The van der Waals surface area contributed by atoms with Crippen LogP contribution in [0.15, 0.2) is 72.9 Å². The molecule has 5 heteroatoms. The molecular weight excluding hydrogens is 355 g/mol. The van der Waals surface area contributed by atoms with Gasteiger partial charge in [0.1, 0.15) is 0 Å². The Morgan fingerprint density at radius 3 is 2.32 bits per heavy atom. The van der Waals surface area contributed by atoms with Crippen molar-refractivity contribution in [3.8, 4) is 0 Å². The Labute approximate surface area is 156 Å². The number of halogens is 2. The van der Waals surface area contributed by atoms with Crippen LogP contribution in [-0.2, 0) is 0 Å². The molecular formula is C20H16Cl2N2O. The highest BCUT2D eigenvalue weighted by molar-refractivity contribution is 6.42. The summed E-state index contributed by atoms with van der Waals surface area (Å²) in [4.78, 5) is 19.1. The fourth-order valence-corrected chi connectivity index (χ4v) is 3.01. The summed E-state index contributed by atoms with van der Waals surface area (Å²) in [5, 5.41) is 0.778. The monoisotopic (exact) mass is 370 g/mol. The average molecular weight is 371 g/mol. The minimum atomic E-state index is -0.302. The summed E-state index contributed by atoms with van der Waals surface area (Å²) >= 11 is 12.0. The minimum Gasteiger partial charge on any atom is -0.329 e. The van der Waals surface area contributed by atoms with Crippen LogP contribution in [0.3, 0.4) is 0 Å². The number of amides is 1. The summed E-state index contributed by atoms with van der Waals surface area (Å²) < 4.78 is 0. The third kappa shape index (κ3) is 3.84. The molecule has 0 aliphatic rings. The summed E-state index contributed by atoms with van der Waals surface area (Å²) in [7, 11) is 1.76. The topological polar surface area (TPSA) is 33.2 Å². The predicted molar refractivity (Wildman–Crippen MR) is 101 cm³/mol. The molecule has 25 heavy (non-hydrogen) atoms. The second kappa shape index (κ2) is 7.68. The highest BCUT2D eigenvalue weighted by Gasteiger charge is 2.25. The van der Waals surface area contributed by atoms with Gasteiger partial charge in [-0.05, 0) is 35.9 Å². The maximum atomic E-state index is 13.0. The van der Waals surface area contributed by atoms with E-state index in [0.717, 1.165) is 11.3 Å². The van der Waals surface area contributed by atoms with Gasteiger partial charge in [-0.15, -0.1) is 0 Å². The van der Waals surface area contributed by atoms with E-state index in [1.165, 1.54) is 0 Å². The Kier molecular flexibility index (Phi) is 5.37. The molecule has 0 saturated carbocycles. The summed E-state index contributed by atoms with van der Waals surface area (Å²) in [5.41, 5.74) is 2.26. The van der Waals surface area contributed by atoms with Gasteiger partial charge in [0.2, 0.25) is 0 Å². The first kappa shape index (κ1) is 17.5. The molecule has 0 spiro atoms. The maximum absolute atomic E-state index is 13.0. The van der Waals surface area contributed by atoms with E-state index in [1.54, 1.807) is 36.3 Å². The van der Waals surface area contributed by atoms with Gasteiger partial charge in [0.05, 0.1) is 21.8 Å². The fraction of sp³-hybridized carbons (Fsp3) is 0.100. The van der Waals surface area contributed by atoms with E-state index < -0.39 is 0 Å². The fourth-order valence-electron chi connectivity index (χ4n) is 2.72. The molecule has 0 saturated heterocycles. The Bertz CT molecular complexity index is 830. The molecule has 1 atom stereocenters. The van der Waals surface area contributed by atoms with E-state index >= 15 is 0 Å². The zero-order chi connectivity index (χ0) is 17.8. The first-order chi connectivity index (χ1) is 12.1. The van der Waals surface area contributed by atoms with Crippen molar-refractivity contribution in [1.82, 2.24) is 9.88 Å². The highest BCUT2D eigenvalue weighted by atomic mass is 35.5. The normalized spacial score (nSPS) is 11.8. The molecule has 1 heterocycles. The van der Waals surface area contributed by atoms with Crippen molar-refractivity contribution in [3.05, 3.63) is 99.8 Å². The molecule has 0 radical (unpaired) electrons. The van der Waals surface area contributed by atoms with Crippen LogP contribution in [-0.4, -0.2) is 22.8 Å². The zero-order valence-electron chi connectivity index (χ0n) is 13.6. The number of hydrogen-bond acceptors (Lipinski definition) is 2. The largest absolute Gasteiger partial charge is 0.329 e. The first-order valence-electron chi connectivity index (χ1n) is 7.76. The van der Waals surface area contributed by atoms with Crippen LogP contribution in [0.4, 0.5) is 0 Å². The van der Waals surface area contributed by atoms with Gasteiger partial charge in [0, 0.05) is 18.8 Å². The van der Waals surface area contributed by atoms with Crippen LogP contribution in [0.2, 0.25) is 10.0 Å². The van der Waals surface area contributed by atoms with Crippen molar-refractivity contribution in [2.75, 3.05) is 7.05 Å². The van der Waals surface area contributed by atoms with Crippen LogP contribution in [0.25, 0.3) is 0 Å². The van der Waals surface area contributed by atoms with E-state index in [-0.39, 0.29) is 11.9 Å². The lowest BCUT2D eigenvalue weighted by atomic mass is 10.0. The van der Waals surface area contributed by atoms with E-state index in [2.05, 4.69) is 4.98 Å². The van der Waals surface area contributed by atoms with Crippen LogP contribution >= 0.6 is 23.2 Å². The molecule has 1 amide bonds. The van der Waals surface area contributed by atoms with Crippen LogP contribution in [0.5, 0.6) is 0 Å². The predicted octanol–water partition coefficient (Wildman–Crippen LogP) is 5.25. The van der Waals surface area contributed by atoms with Gasteiger partial charge in [-0.25, -0.2) is 0 Å². The number of carbonyl (C=O) groups is 1. The molecule has 1 aromatic heterocycles. The van der Waals surface area contributed by atoms with Gasteiger partial charge in [-0.3, -0.25) is 9.78 Å². The number of nitrogens with zero attached hydrogens (tertiary/aromatic N) is 2. The molecule has 3 aromatic rings. The second-order valence-electron chi connectivity index (χ2n) is 5.61. The molecule has 0 fully saturated rings. The molecule has 0 aliphatic heterocycles. The molecule has 0 bridgehead atoms. The molecule has 1 unspecified atom stereocenters. The quantitative estimate of drug-likeness (QED) is 0.628. The standard InChI is InChI=1S/C20H16Cl2N2O/c1-24(20(25)15-10-11-16(21)17(22)13-15)19(14-7-3-2-4-8-14)18-9-5-6-12-23-18/h2-13,19H,1H3. The van der Waals surface area contributed by atoms with Gasteiger partial charge in [-0.1, -0.05) is 59.6 Å². The summed E-state index contributed by atoms with van der Waals surface area (Å²) in [5.74, 6) is -0.155. The van der Waals surface area contributed by atoms with Crippen molar-refractivity contribution >= 4 is 29.1 Å². The number of benzene rings is 2. The number of aromatic nitrogens is 1. The SMILES string of the molecule is CN(C(=O)c1ccc(Cl)c(Cl)c1)C(c1ccccc1)c1ccccn1. The molecule has 0 N–H and O–H groups in total. The molecule has 2 aromatic carbocycles. The van der Waals surface area contributed by atoms with Crippen molar-refractivity contribution in [2.45, 2.75) is 6.04 Å². The van der Waals surface area contributed by atoms with Crippen LogP contribution in [0.1, 0.15) is 27.7 Å².